The van der Waals surface area contributed by atoms with Gasteiger partial charge in [0.25, 0.3) is 5.91 Å². The Labute approximate surface area is 182 Å². The SMILES string of the molecule is Cc1nn(C)c2nc(-c3ccco3)cc(C(=O)Nc3cccc(Oc4cnccn4)c3)c12. The van der Waals surface area contributed by atoms with Crippen LogP contribution in [0.25, 0.3) is 22.5 Å². The highest BCUT2D eigenvalue weighted by Gasteiger charge is 2.20. The lowest BCUT2D eigenvalue weighted by molar-refractivity contribution is 0.102. The molecule has 0 aliphatic heterocycles. The maximum Gasteiger partial charge on any atom is 0.256 e. The molecule has 0 saturated carbocycles. The smallest absolute Gasteiger partial charge is 0.256 e. The van der Waals surface area contributed by atoms with Gasteiger partial charge in [0.2, 0.25) is 5.88 Å². The average Bonchev–Trinajstić information content (AvgIpc) is 3.43. The Balaban J connectivity index is 1.49. The first kappa shape index (κ1) is 19.4. The van der Waals surface area contributed by atoms with Crippen molar-refractivity contribution in [2.45, 2.75) is 6.92 Å². The molecule has 32 heavy (non-hydrogen) atoms. The van der Waals surface area contributed by atoms with Crippen molar-refractivity contribution in [3.8, 4) is 23.1 Å². The van der Waals surface area contributed by atoms with Crippen LogP contribution in [0, 0.1) is 6.92 Å². The zero-order chi connectivity index (χ0) is 22.1. The number of aryl methyl sites for hydroxylation is 2. The van der Waals surface area contributed by atoms with E-state index in [9.17, 15) is 4.79 Å². The van der Waals surface area contributed by atoms with Crippen molar-refractivity contribution >= 4 is 22.6 Å². The number of carbonyl (C=O) groups is 1. The van der Waals surface area contributed by atoms with Crippen LogP contribution in [0.1, 0.15) is 16.1 Å². The fraction of sp³-hybridized carbons (Fsp3) is 0.0870. The largest absolute Gasteiger partial charge is 0.463 e. The predicted molar refractivity (Wildman–Crippen MR) is 117 cm³/mol. The topological polar surface area (TPSA) is 108 Å². The van der Waals surface area contributed by atoms with Gasteiger partial charge in [0.1, 0.15) is 11.4 Å². The van der Waals surface area contributed by atoms with E-state index in [1.807, 2.05) is 6.92 Å². The number of pyridine rings is 1. The number of benzene rings is 1. The number of rotatable bonds is 5. The zero-order valence-corrected chi connectivity index (χ0v) is 17.3. The molecule has 158 valence electrons. The second kappa shape index (κ2) is 7.95. The summed E-state index contributed by atoms with van der Waals surface area (Å²) in [5.41, 5.74) is 2.89. The molecule has 0 fully saturated rings. The molecule has 1 aromatic carbocycles. The molecule has 0 bridgehead atoms. The molecule has 0 saturated heterocycles. The first-order chi connectivity index (χ1) is 15.6. The lowest BCUT2D eigenvalue weighted by Crippen LogP contribution is -2.13. The van der Waals surface area contributed by atoms with Crippen molar-refractivity contribution in [1.29, 1.82) is 0 Å². The number of hydrogen-bond acceptors (Lipinski definition) is 7. The Morgan fingerprint density at radius 2 is 2.06 bits per heavy atom. The van der Waals surface area contributed by atoms with Crippen molar-refractivity contribution in [3.63, 3.8) is 0 Å². The van der Waals surface area contributed by atoms with Crippen LogP contribution in [0.2, 0.25) is 0 Å². The molecule has 1 amide bonds. The van der Waals surface area contributed by atoms with Crippen molar-refractivity contribution in [2.75, 3.05) is 5.32 Å². The number of ether oxygens (including phenoxy) is 1. The van der Waals surface area contributed by atoms with Crippen molar-refractivity contribution in [1.82, 2.24) is 24.7 Å². The fourth-order valence-corrected chi connectivity index (χ4v) is 3.47. The van der Waals surface area contributed by atoms with Crippen LogP contribution >= 0.6 is 0 Å². The molecular weight excluding hydrogens is 408 g/mol. The molecule has 9 heteroatoms. The molecule has 4 aromatic heterocycles. The van der Waals surface area contributed by atoms with E-state index in [1.165, 1.54) is 6.20 Å². The van der Waals surface area contributed by atoms with Crippen molar-refractivity contribution < 1.29 is 13.9 Å². The standard InChI is InChI=1S/C23H18N6O3/c1-14-21-17(12-18(19-7-4-10-31-19)27-22(21)29(2)28-14)23(30)26-15-5-3-6-16(11-15)32-20-13-24-8-9-25-20/h3-13H,1-2H3,(H,26,30). The van der Waals surface area contributed by atoms with E-state index in [1.54, 1.807) is 72.9 Å². The number of carbonyl (C=O) groups excluding carboxylic acids is 1. The first-order valence-corrected chi connectivity index (χ1v) is 9.82. The number of hydrogen-bond donors (Lipinski definition) is 1. The van der Waals surface area contributed by atoms with E-state index in [-0.39, 0.29) is 5.91 Å². The Hall–Kier alpha value is -4.53. The Morgan fingerprint density at radius 3 is 2.84 bits per heavy atom. The van der Waals surface area contributed by atoms with Crippen molar-refractivity contribution in [3.05, 3.63) is 78.6 Å². The van der Waals surface area contributed by atoms with Crippen molar-refractivity contribution in [2.24, 2.45) is 7.05 Å². The van der Waals surface area contributed by atoms with Gasteiger partial charge in [-0.1, -0.05) is 6.07 Å². The van der Waals surface area contributed by atoms with E-state index in [4.69, 9.17) is 9.15 Å². The second-order valence-corrected chi connectivity index (χ2v) is 7.07. The molecule has 0 spiro atoms. The second-order valence-electron chi connectivity index (χ2n) is 7.07. The minimum atomic E-state index is -0.294. The van der Waals surface area contributed by atoms with Gasteiger partial charge < -0.3 is 14.5 Å². The number of nitrogens with zero attached hydrogens (tertiary/aromatic N) is 5. The molecule has 5 rings (SSSR count). The summed E-state index contributed by atoms with van der Waals surface area (Å²) in [4.78, 5) is 26.0. The maximum atomic E-state index is 13.3. The molecule has 9 nitrogen and oxygen atoms in total. The maximum absolute atomic E-state index is 13.3. The minimum Gasteiger partial charge on any atom is -0.463 e. The lowest BCUT2D eigenvalue weighted by Gasteiger charge is -2.10. The van der Waals surface area contributed by atoms with Gasteiger partial charge in [0, 0.05) is 31.2 Å². The van der Waals surface area contributed by atoms with E-state index in [0.29, 0.717) is 51.1 Å². The molecule has 5 aromatic rings. The fourth-order valence-electron chi connectivity index (χ4n) is 3.47. The summed E-state index contributed by atoms with van der Waals surface area (Å²) in [6.45, 7) is 1.85. The molecule has 0 aliphatic carbocycles. The van der Waals surface area contributed by atoms with E-state index in [0.717, 1.165) is 0 Å². The summed E-state index contributed by atoms with van der Waals surface area (Å²) in [7, 11) is 1.79. The summed E-state index contributed by atoms with van der Waals surface area (Å²) in [5, 5.41) is 8.06. The molecule has 0 atom stereocenters. The minimum absolute atomic E-state index is 0.294. The third-order valence-corrected chi connectivity index (χ3v) is 4.84. The molecule has 4 heterocycles. The number of anilines is 1. The highest BCUT2D eigenvalue weighted by molar-refractivity contribution is 6.13. The Morgan fingerprint density at radius 1 is 1.16 bits per heavy atom. The predicted octanol–water partition coefficient (Wildman–Crippen LogP) is 4.37. The van der Waals surface area contributed by atoms with Crippen LogP contribution < -0.4 is 10.1 Å². The zero-order valence-electron chi connectivity index (χ0n) is 17.3. The van der Waals surface area contributed by atoms with Crippen LogP contribution in [-0.4, -0.2) is 30.6 Å². The van der Waals surface area contributed by atoms with Crippen LogP contribution in [-0.2, 0) is 7.05 Å². The summed E-state index contributed by atoms with van der Waals surface area (Å²) < 4.78 is 12.9. The number of furan rings is 1. The number of fused-ring (bicyclic) bond motifs is 1. The van der Waals surface area contributed by atoms with Crippen LogP contribution in [0.5, 0.6) is 11.6 Å². The van der Waals surface area contributed by atoms with Gasteiger partial charge in [-0.2, -0.15) is 5.10 Å². The van der Waals surface area contributed by atoms with Gasteiger partial charge in [0.05, 0.1) is 29.1 Å². The molecular formula is C23H18N6O3. The highest BCUT2D eigenvalue weighted by Crippen LogP contribution is 2.28. The highest BCUT2D eigenvalue weighted by atomic mass is 16.5. The summed E-state index contributed by atoms with van der Waals surface area (Å²) >= 11 is 0. The van der Waals surface area contributed by atoms with Crippen LogP contribution in [0.15, 0.2) is 71.7 Å². The Bertz CT molecular complexity index is 1410. The molecule has 0 aliphatic rings. The third-order valence-electron chi connectivity index (χ3n) is 4.84. The normalized spacial score (nSPS) is 10.9. The quantitative estimate of drug-likeness (QED) is 0.444. The van der Waals surface area contributed by atoms with Gasteiger partial charge in [-0.25, -0.2) is 9.97 Å². The summed E-state index contributed by atoms with van der Waals surface area (Å²) in [5.74, 6) is 1.16. The summed E-state index contributed by atoms with van der Waals surface area (Å²) in [6, 6.07) is 12.3. The number of aromatic nitrogens is 5. The monoisotopic (exact) mass is 426 g/mol. The molecule has 0 radical (unpaired) electrons. The van der Waals surface area contributed by atoms with E-state index < -0.39 is 0 Å². The van der Waals surface area contributed by atoms with Crippen LogP contribution in [0.4, 0.5) is 5.69 Å². The molecule has 0 unspecified atom stereocenters. The van der Waals surface area contributed by atoms with Gasteiger partial charge in [0.15, 0.2) is 11.4 Å². The van der Waals surface area contributed by atoms with Gasteiger partial charge in [-0.05, 0) is 37.3 Å². The van der Waals surface area contributed by atoms with Gasteiger partial charge >= 0.3 is 0 Å². The summed E-state index contributed by atoms with van der Waals surface area (Å²) in [6.07, 6.45) is 6.19. The van der Waals surface area contributed by atoms with E-state index >= 15 is 0 Å². The Kier molecular flexibility index (Phi) is 4.83. The number of nitrogens with one attached hydrogen (secondary N) is 1. The third kappa shape index (κ3) is 3.67. The van der Waals surface area contributed by atoms with Gasteiger partial charge in [-0.3, -0.25) is 14.5 Å². The van der Waals surface area contributed by atoms with Gasteiger partial charge in [-0.15, -0.1) is 0 Å². The lowest BCUT2D eigenvalue weighted by atomic mass is 10.1. The van der Waals surface area contributed by atoms with Crippen LogP contribution in [0.3, 0.4) is 0 Å². The van der Waals surface area contributed by atoms with E-state index in [2.05, 4.69) is 25.4 Å². The average molecular weight is 426 g/mol. The molecule has 1 N–H and O–H groups in total. The first-order valence-electron chi connectivity index (χ1n) is 9.82. The number of amides is 1.